The molecule has 27 heavy (non-hydrogen) atoms. The molecule has 0 saturated carbocycles. The summed E-state index contributed by atoms with van der Waals surface area (Å²) in [4.78, 5) is 15.2. The lowest BCUT2D eigenvalue weighted by Gasteiger charge is -2.15. The van der Waals surface area contributed by atoms with Crippen LogP contribution in [0.1, 0.15) is 21.6 Å². The Labute approximate surface area is 160 Å². The summed E-state index contributed by atoms with van der Waals surface area (Å²) >= 11 is 0. The van der Waals surface area contributed by atoms with Crippen molar-refractivity contribution >= 4 is 37.4 Å². The number of fused-ring (bicyclic) bond motifs is 1. The first-order chi connectivity index (χ1) is 13.0. The molecule has 3 rings (SSSR count). The number of hydrogen-bond acceptors (Lipinski definition) is 4. The number of pyridine rings is 1. The second-order valence-corrected chi connectivity index (χ2v) is 13.4. The van der Waals surface area contributed by atoms with E-state index < -0.39 is 8.07 Å². The minimum Gasteiger partial charge on any atom is -0.360 e. The van der Waals surface area contributed by atoms with E-state index in [4.69, 9.17) is 9.84 Å². The molecule has 0 spiro atoms. The molecule has 0 aliphatic rings. The Hall–Kier alpha value is -2.57. The first-order valence-electron chi connectivity index (χ1n) is 9.08. The minimum absolute atomic E-state index is 0.381. The fourth-order valence-electron chi connectivity index (χ4n) is 2.69. The maximum absolute atomic E-state index is 11.2. The molecular weight excluding hydrogens is 354 g/mol. The van der Waals surface area contributed by atoms with Gasteiger partial charge in [-0.25, -0.2) is 4.68 Å². The number of carbonyl (C=O) groups is 1. The van der Waals surface area contributed by atoms with E-state index in [0.717, 1.165) is 41.1 Å². The molecule has 0 amide bonds. The number of nitrogens with zero attached hydrogens (tertiary/aromatic N) is 3. The third-order valence-electron chi connectivity index (χ3n) is 4.29. The highest BCUT2D eigenvalue weighted by molar-refractivity contribution is 6.76. The molecule has 0 atom stereocenters. The third kappa shape index (κ3) is 5.21. The summed E-state index contributed by atoms with van der Waals surface area (Å²) in [6.45, 7) is 8.10. The molecule has 0 aliphatic carbocycles. The highest BCUT2D eigenvalue weighted by Crippen LogP contribution is 2.22. The van der Waals surface area contributed by atoms with Gasteiger partial charge in [0.25, 0.3) is 0 Å². The predicted molar refractivity (Wildman–Crippen MR) is 112 cm³/mol. The molecule has 6 heteroatoms. The molecule has 0 fully saturated rings. The van der Waals surface area contributed by atoms with Gasteiger partial charge in [0, 0.05) is 38.0 Å². The van der Waals surface area contributed by atoms with Crippen molar-refractivity contribution in [2.75, 3.05) is 6.61 Å². The number of aldehydes is 1. The summed E-state index contributed by atoms with van der Waals surface area (Å²) in [6.07, 6.45) is 8.37. The number of aromatic nitrogens is 3. The van der Waals surface area contributed by atoms with E-state index in [1.54, 1.807) is 12.4 Å². The Morgan fingerprint density at radius 3 is 2.56 bits per heavy atom. The lowest BCUT2D eigenvalue weighted by molar-refractivity contribution is 0.0816. The van der Waals surface area contributed by atoms with Crippen LogP contribution in [-0.4, -0.2) is 35.7 Å². The van der Waals surface area contributed by atoms with Gasteiger partial charge in [0.2, 0.25) is 0 Å². The number of benzene rings is 1. The molecule has 2 heterocycles. The highest BCUT2D eigenvalue weighted by Gasteiger charge is 2.13. The summed E-state index contributed by atoms with van der Waals surface area (Å²) in [7, 11) is -1.13. The van der Waals surface area contributed by atoms with Crippen LogP contribution in [0.2, 0.25) is 25.7 Å². The lowest BCUT2D eigenvalue weighted by atomic mass is 10.1. The van der Waals surface area contributed by atoms with E-state index >= 15 is 0 Å². The average molecular weight is 380 g/mol. The molecule has 0 radical (unpaired) electrons. The lowest BCUT2D eigenvalue weighted by Crippen LogP contribution is -2.22. The van der Waals surface area contributed by atoms with Gasteiger partial charge in [-0.1, -0.05) is 31.8 Å². The van der Waals surface area contributed by atoms with Gasteiger partial charge in [0.15, 0.2) is 0 Å². The maximum atomic E-state index is 11.2. The van der Waals surface area contributed by atoms with Gasteiger partial charge in [-0.15, -0.1) is 0 Å². The van der Waals surface area contributed by atoms with E-state index in [0.29, 0.717) is 12.3 Å². The Balaban J connectivity index is 1.86. The minimum atomic E-state index is -1.13. The number of hydrogen-bond donors (Lipinski definition) is 0. The van der Waals surface area contributed by atoms with Gasteiger partial charge in [0.1, 0.15) is 13.0 Å². The Kier molecular flexibility index (Phi) is 5.98. The standard InChI is InChI=1S/C21H25N3O2Si/c1-27(2,3)13-12-26-16-24-21-14-18(15-25)4-6-19(21)20(23-24)7-5-17-8-10-22-11-9-17/h4-11,14-15H,12-13,16H2,1-3H3/b7-5+. The first-order valence-corrected chi connectivity index (χ1v) is 12.8. The summed E-state index contributed by atoms with van der Waals surface area (Å²) in [5.41, 5.74) is 3.45. The number of ether oxygens (including phenoxy) is 1. The second-order valence-electron chi connectivity index (χ2n) is 7.74. The molecule has 2 aromatic heterocycles. The maximum Gasteiger partial charge on any atom is 0.150 e. The van der Waals surface area contributed by atoms with Crippen LogP contribution in [0.3, 0.4) is 0 Å². The van der Waals surface area contributed by atoms with Crippen LogP contribution in [0.15, 0.2) is 42.7 Å². The molecule has 140 valence electrons. The molecule has 3 aromatic rings. The van der Waals surface area contributed by atoms with Crippen molar-refractivity contribution in [3.05, 3.63) is 59.5 Å². The molecule has 0 saturated heterocycles. The summed E-state index contributed by atoms with van der Waals surface area (Å²) in [6, 6.07) is 10.6. The first kappa shape index (κ1) is 19.2. The molecule has 0 aliphatic heterocycles. The fraction of sp³-hybridized carbons (Fsp3) is 0.286. The van der Waals surface area contributed by atoms with Crippen molar-refractivity contribution in [2.45, 2.75) is 32.4 Å². The van der Waals surface area contributed by atoms with Crippen molar-refractivity contribution in [1.29, 1.82) is 0 Å². The van der Waals surface area contributed by atoms with Crippen LogP contribution in [-0.2, 0) is 11.5 Å². The summed E-state index contributed by atoms with van der Waals surface area (Å²) in [5.74, 6) is 0. The second kappa shape index (κ2) is 8.41. The highest BCUT2D eigenvalue weighted by atomic mass is 28.3. The molecule has 0 N–H and O–H groups in total. The summed E-state index contributed by atoms with van der Waals surface area (Å²) in [5, 5.41) is 5.70. The van der Waals surface area contributed by atoms with Crippen LogP contribution in [0, 0.1) is 0 Å². The predicted octanol–water partition coefficient (Wildman–Crippen LogP) is 4.73. The van der Waals surface area contributed by atoms with E-state index in [2.05, 4.69) is 24.6 Å². The zero-order chi connectivity index (χ0) is 19.3. The largest absolute Gasteiger partial charge is 0.360 e. The van der Waals surface area contributed by atoms with Crippen LogP contribution in [0.25, 0.3) is 23.1 Å². The van der Waals surface area contributed by atoms with Crippen molar-refractivity contribution in [2.24, 2.45) is 0 Å². The van der Waals surface area contributed by atoms with Crippen molar-refractivity contribution in [3.63, 3.8) is 0 Å². The van der Waals surface area contributed by atoms with Crippen LogP contribution in [0.4, 0.5) is 0 Å². The zero-order valence-corrected chi connectivity index (χ0v) is 17.1. The van der Waals surface area contributed by atoms with Gasteiger partial charge in [-0.3, -0.25) is 9.78 Å². The van der Waals surface area contributed by atoms with Gasteiger partial charge in [-0.05, 0) is 41.9 Å². The van der Waals surface area contributed by atoms with Crippen molar-refractivity contribution < 1.29 is 9.53 Å². The smallest absolute Gasteiger partial charge is 0.150 e. The monoisotopic (exact) mass is 379 g/mol. The average Bonchev–Trinajstić information content (AvgIpc) is 3.00. The van der Waals surface area contributed by atoms with Crippen LogP contribution >= 0.6 is 0 Å². The fourth-order valence-corrected chi connectivity index (χ4v) is 3.45. The van der Waals surface area contributed by atoms with Crippen molar-refractivity contribution in [3.8, 4) is 0 Å². The Morgan fingerprint density at radius 1 is 1.07 bits per heavy atom. The van der Waals surface area contributed by atoms with Gasteiger partial charge in [0.05, 0.1) is 11.2 Å². The molecule has 5 nitrogen and oxygen atoms in total. The SMILES string of the molecule is C[Si](C)(C)CCOCn1nc(/C=C/c2ccncc2)c2ccc(C=O)cc21. The third-order valence-corrected chi connectivity index (χ3v) is 5.99. The van der Waals surface area contributed by atoms with E-state index in [1.165, 1.54) is 0 Å². The van der Waals surface area contributed by atoms with Crippen LogP contribution in [0.5, 0.6) is 0 Å². The molecular formula is C21H25N3O2Si. The number of rotatable bonds is 8. The van der Waals surface area contributed by atoms with E-state index in [-0.39, 0.29) is 0 Å². The van der Waals surface area contributed by atoms with Gasteiger partial charge in [-0.2, -0.15) is 5.10 Å². The zero-order valence-electron chi connectivity index (χ0n) is 16.1. The molecule has 1 aromatic carbocycles. The van der Waals surface area contributed by atoms with Gasteiger partial charge >= 0.3 is 0 Å². The Bertz CT molecular complexity index is 943. The topological polar surface area (TPSA) is 57.0 Å². The van der Waals surface area contributed by atoms with Crippen LogP contribution < -0.4 is 0 Å². The quantitative estimate of drug-likeness (QED) is 0.323. The molecule has 0 bridgehead atoms. The number of carbonyl (C=O) groups excluding carboxylic acids is 1. The van der Waals surface area contributed by atoms with E-state index in [1.807, 2.05) is 47.2 Å². The summed E-state index contributed by atoms with van der Waals surface area (Å²) < 4.78 is 7.70. The molecule has 0 unspecified atom stereocenters. The normalized spacial score (nSPS) is 12.1. The van der Waals surface area contributed by atoms with E-state index in [9.17, 15) is 4.79 Å². The van der Waals surface area contributed by atoms with Gasteiger partial charge < -0.3 is 4.74 Å². The van der Waals surface area contributed by atoms with Crippen molar-refractivity contribution in [1.82, 2.24) is 14.8 Å². The Morgan fingerprint density at radius 2 is 1.85 bits per heavy atom.